The van der Waals surface area contributed by atoms with Crippen LogP contribution in [-0.4, -0.2) is 30.0 Å². The molecule has 0 aromatic heterocycles. The standard InChI is InChI=1S/C15H24O3/c1-3-13-9-15(18-4-2)8-7-14(13)6-5-12(10-16)11-17/h7-9,12,16-17H,3-6,10-11H2,1-2H3. The lowest BCUT2D eigenvalue weighted by molar-refractivity contribution is 0.144. The molecule has 2 N–H and O–H groups in total. The van der Waals surface area contributed by atoms with E-state index in [2.05, 4.69) is 19.1 Å². The molecule has 0 heterocycles. The Kier molecular flexibility index (Phi) is 6.76. The Bertz CT molecular complexity index is 346. The fourth-order valence-electron chi connectivity index (χ4n) is 2.03. The lowest BCUT2D eigenvalue weighted by Gasteiger charge is -2.14. The maximum absolute atomic E-state index is 9.06. The number of ether oxygens (including phenoxy) is 1. The Morgan fingerprint density at radius 1 is 1.11 bits per heavy atom. The van der Waals surface area contributed by atoms with Crippen LogP contribution >= 0.6 is 0 Å². The summed E-state index contributed by atoms with van der Waals surface area (Å²) < 4.78 is 5.49. The minimum absolute atomic E-state index is 0.0127. The van der Waals surface area contributed by atoms with Crippen molar-refractivity contribution in [2.75, 3.05) is 19.8 Å². The number of aliphatic hydroxyl groups is 2. The third-order valence-electron chi connectivity index (χ3n) is 3.21. The van der Waals surface area contributed by atoms with Crippen LogP contribution in [0.4, 0.5) is 0 Å². The fraction of sp³-hybridized carbons (Fsp3) is 0.600. The molecule has 0 aliphatic carbocycles. The van der Waals surface area contributed by atoms with Crippen molar-refractivity contribution in [3.8, 4) is 5.75 Å². The van der Waals surface area contributed by atoms with Crippen molar-refractivity contribution in [1.29, 1.82) is 0 Å². The van der Waals surface area contributed by atoms with Crippen LogP contribution in [0.3, 0.4) is 0 Å². The molecule has 3 nitrogen and oxygen atoms in total. The first kappa shape index (κ1) is 15.0. The van der Waals surface area contributed by atoms with Gasteiger partial charge in [-0.3, -0.25) is 0 Å². The van der Waals surface area contributed by atoms with Gasteiger partial charge in [0.1, 0.15) is 5.75 Å². The van der Waals surface area contributed by atoms with Crippen molar-refractivity contribution in [3.63, 3.8) is 0 Å². The fourth-order valence-corrected chi connectivity index (χ4v) is 2.03. The van der Waals surface area contributed by atoms with E-state index in [1.807, 2.05) is 13.0 Å². The van der Waals surface area contributed by atoms with Crippen LogP contribution in [0.25, 0.3) is 0 Å². The molecule has 0 saturated heterocycles. The quantitative estimate of drug-likeness (QED) is 0.745. The number of benzene rings is 1. The minimum Gasteiger partial charge on any atom is -0.494 e. The Morgan fingerprint density at radius 2 is 1.83 bits per heavy atom. The normalized spacial score (nSPS) is 10.9. The van der Waals surface area contributed by atoms with Gasteiger partial charge in [-0.15, -0.1) is 0 Å². The molecule has 0 bridgehead atoms. The predicted molar refractivity (Wildman–Crippen MR) is 73.0 cm³/mol. The second kappa shape index (κ2) is 8.11. The molecule has 0 atom stereocenters. The van der Waals surface area contributed by atoms with E-state index in [1.165, 1.54) is 11.1 Å². The molecule has 0 spiro atoms. The van der Waals surface area contributed by atoms with Crippen LogP contribution in [0.1, 0.15) is 31.4 Å². The maximum atomic E-state index is 9.06. The highest BCUT2D eigenvalue weighted by atomic mass is 16.5. The monoisotopic (exact) mass is 252 g/mol. The second-order valence-electron chi connectivity index (χ2n) is 4.49. The maximum Gasteiger partial charge on any atom is 0.119 e. The number of hydrogen-bond acceptors (Lipinski definition) is 3. The Labute approximate surface area is 109 Å². The molecular formula is C15H24O3. The van der Waals surface area contributed by atoms with Gasteiger partial charge in [-0.2, -0.15) is 0 Å². The van der Waals surface area contributed by atoms with Crippen molar-refractivity contribution in [3.05, 3.63) is 29.3 Å². The van der Waals surface area contributed by atoms with Gasteiger partial charge in [-0.05, 0) is 49.4 Å². The summed E-state index contributed by atoms with van der Waals surface area (Å²) in [6.45, 7) is 4.89. The lowest BCUT2D eigenvalue weighted by Crippen LogP contribution is -2.12. The largest absolute Gasteiger partial charge is 0.494 e. The highest BCUT2D eigenvalue weighted by Gasteiger charge is 2.09. The molecule has 18 heavy (non-hydrogen) atoms. The molecule has 1 aromatic carbocycles. The summed E-state index contributed by atoms with van der Waals surface area (Å²) in [5.41, 5.74) is 2.57. The lowest BCUT2D eigenvalue weighted by atomic mass is 9.96. The Morgan fingerprint density at radius 3 is 2.39 bits per heavy atom. The van der Waals surface area contributed by atoms with Gasteiger partial charge < -0.3 is 14.9 Å². The molecule has 0 unspecified atom stereocenters. The summed E-state index contributed by atoms with van der Waals surface area (Å²) in [6.07, 6.45) is 2.68. The van der Waals surface area contributed by atoms with Gasteiger partial charge in [0.25, 0.3) is 0 Å². The minimum atomic E-state index is -0.0127. The van der Waals surface area contributed by atoms with Crippen LogP contribution < -0.4 is 4.74 Å². The van der Waals surface area contributed by atoms with E-state index in [9.17, 15) is 0 Å². The number of rotatable bonds is 8. The second-order valence-corrected chi connectivity index (χ2v) is 4.49. The van der Waals surface area contributed by atoms with Gasteiger partial charge in [0, 0.05) is 19.1 Å². The first-order chi connectivity index (χ1) is 8.74. The van der Waals surface area contributed by atoms with E-state index < -0.39 is 0 Å². The van der Waals surface area contributed by atoms with Gasteiger partial charge in [-0.1, -0.05) is 13.0 Å². The highest BCUT2D eigenvalue weighted by molar-refractivity contribution is 5.35. The molecule has 1 rings (SSSR count). The summed E-state index contributed by atoms with van der Waals surface area (Å²) >= 11 is 0. The molecule has 0 amide bonds. The van der Waals surface area contributed by atoms with Gasteiger partial charge in [-0.25, -0.2) is 0 Å². The zero-order chi connectivity index (χ0) is 13.4. The summed E-state index contributed by atoms with van der Waals surface area (Å²) in [5.74, 6) is 0.903. The summed E-state index contributed by atoms with van der Waals surface area (Å²) in [7, 11) is 0. The van der Waals surface area contributed by atoms with E-state index >= 15 is 0 Å². The smallest absolute Gasteiger partial charge is 0.119 e. The van der Waals surface area contributed by atoms with E-state index in [0.717, 1.165) is 25.0 Å². The topological polar surface area (TPSA) is 49.7 Å². The SMILES string of the molecule is CCOc1ccc(CCC(CO)CO)c(CC)c1. The third-order valence-corrected chi connectivity index (χ3v) is 3.21. The first-order valence-electron chi connectivity index (χ1n) is 6.71. The van der Waals surface area contributed by atoms with Crippen LogP contribution in [0, 0.1) is 5.92 Å². The van der Waals surface area contributed by atoms with Gasteiger partial charge in [0.05, 0.1) is 6.61 Å². The average molecular weight is 252 g/mol. The first-order valence-corrected chi connectivity index (χ1v) is 6.71. The zero-order valence-electron chi connectivity index (χ0n) is 11.4. The Hall–Kier alpha value is -1.06. The molecule has 102 valence electrons. The zero-order valence-corrected chi connectivity index (χ0v) is 11.4. The summed E-state index contributed by atoms with van der Waals surface area (Å²) in [5, 5.41) is 18.1. The average Bonchev–Trinajstić information content (AvgIpc) is 2.41. The van der Waals surface area contributed by atoms with E-state index in [-0.39, 0.29) is 19.1 Å². The Balaban J connectivity index is 2.70. The van der Waals surface area contributed by atoms with E-state index in [0.29, 0.717) is 6.61 Å². The van der Waals surface area contributed by atoms with Gasteiger partial charge in [0.2, 0.25) is 0 Å². The summed E-state index contributed by atoms with van der Waals surface area (Å²) in [4.78, 5) is 0. The van der Waals surface area contributed by atoms with Gasteiger partial charge >= 0.3 is 0 Å². The molecule has 1 aromatic rings. The molecule has 0 aliphatic rings. The van der Waals surface area contributed by atoms with Crippen LogP contribution in [0.5, 0.6) is 5.75 Å². The van der Waals surface area contributed by atoms with Crippen LogP contribution in [0.2, 0.25) is 0 Å². The predicted octanol–water partition coefficient (Wildman–Crippen LogP) is 2.18. The summed E-state index contributed by atoms with van der Waals surface area (Å²) in [6, 6.07) is 6.17. The molecule has 0 fully saturated rings. The number of aliphatic hydroxyl groups excluding tert-OH is 2. The number of hydrogen-bond donors (Lipinski definition) is 2. The van der Waals surface area contributed by atoms with Crippen molar-refractivity contribution in [2.45, 2.75) is 33.1 Å². The molecular weight excluding hydrogens is 228 g/mol. The van der Waals surface area contributed by atoms with Crippen molar-refractivity contribution in [2.24, 2.45) is 5.92 Å². The molecule has 0 aliphatic heterocycles. The number of aryl methyl sites for hydroxylation is 2. The van der Waals surface area contributed by atoms with E-state index in [1.54, 1.807) is 0 Å². The molecule has 0 radical (unpaired) electrons. The van der Waals surface area contributed by atoms with Crippen molar-refractivity contribution < 1.29 is 14.9 Å². The van der Waals surface area contributed by atoms with Crippen molar-refractivity contribution >= 4 is 0 Å². The van der Waals surface area contributed by atoms with Crippen LogP contribution in [-0.2, 0) is 12.8 Å². The molecule has 0 saturated carbocycles. The van der Waals surface area contributed by atoms with Gasteiger partial charge in [0.15, 0.2) is 0 Å². The molecule has 3 heteroatoms. The highest BCUT2D eigenvalue weighted by Crippen LogP contribution is 2.21. The van der Waals surface area contributed by atoms with Crippen LogP contribution in [0.15, 0.2) is 18.2 Å². The van der Waals surface area contributed by atoms with E-state index in [4.69, 9.17) is 14.9 Å². The third kappa shape index (κ3) is 4.31. The van der Waals surface area contributed by atoms with Crippen molar-refractivity contribution in [1.82, 2.24) is 0 Å².